The first-order valence-electron chi connectivity index (χ1n) is 7.46. The summed E-state index contributed by atoms with van der Waals surface area (Å²) in [5.41, 5.74) is 5.58. The second-order valence-electron chi connectivity index (χ2n) is 5.87. The summed E-state index contributed by atoms with van der Waals surface area (Å²) in [4.78, 5) is 12.3. The van der Waals surface area contributed by atoms with Gasteiger partial charge in [0.1, 0.15) is 18.3 Å². The number of amides is 1. The maximum Gasteiger partial charge on any atom is 0.252 e. The summed E-state index contributed by atoms with van der Waals surface area (Å²) in [6.07, 6.45) is -4.87. The fourth-order valence-corrected chi connectivity index (χ4v) is 2.31. The molecule has 8 heteroatoms. The Kier molecular flexibility index (Phi) is 7.67. The van der Waals surface area contributed by atoms with Crippen molar-refractivity contribution in [3.63, 3.8) is 0 Å². The van der Waals surface area contributed by atoms with E-state index in [-0.39, 0.29) is 12.1 Å². The van der Waals surface area contributed by atoms with E-state index in [1.165, 1.54) is 7.11 Å². The van der Waals surface area contributed by atoms with Crippen LogP contribution in [-0.2, 0) is 19.0 Å². The summed E-state index contributed by atoms with van der Waals surface area (Å²) in [7, 11) is 1.36. The van der Waals surface area contributed by atoms with Crippen LogP contribution in [0.5, 0.6) is 0 Å². The summed E-state index contributed by atoms with van der Waals surface area (Å²) in [5.74, 6) is -0.415. The molecule has 0 aliphatic carbocycles. The minimum atomic E-state index is -1.19. The second kappa shape index (κ2) is 8.76. The molecule has 130 valence electrons. The van der Waals surface area contributed by atoms with E-state index < -0.39 is 36.4 Å². The number of hydrogen-bond donors (Lipinski definition) is 4. The molecule has 7 unspecified atom stereocenters. The van der Waals surface area contributed by atoms with Gasteiger partial charge >= 0.3 is 0 Å². The van der Waals surface area contributed by atoms with E-state index in [4.69, 9.17) is 19.9 Å². The van der Waals surface area contributed by atoms with E-state index in [0.29, 0.717) is 13.2 Å². The summed E-state index contributed by atoms with van der Waals surface area (Å²) >= 11 is 0. The molecule has 22 heavy (non-hydrogen) atoms. The Bertz CT molecular complexity index is 354. The van der Waals surface area contributed by atoms with Gasteiger partial charge in [-0.1, -0.05) is 0 Å². The van der Waals surface area contributed by atoms with Crippen LogP contribution in [0.15, 0.2) is 0 Å². The molecule has 0 aromatic heterocycles. The Morgan fingerprint density at radius 1 is 1.32 bits per heavy atom. The lowest BCUT2D eigenvalue weighted by Gasteiger charge is -2.40. The number of ether oxygens (including phenoxy) is 3. The van der Waals surface area contributed by atoms with Crippen molar-refractivity contribution in [3.8, 4) is 0 Å². The number of hydrogen-bond acceptors (Lipinski definition) is 7. The molecule has 1 aliphatic heterocycles. The molecule has 1 aliphatic rings. The van der Waals surface area contributed by atoms with Crippen molar-refractivity contribution in [2.24, 2.45) is 5.73 Å². The SMILES string of the molecule is COC1C(C(=O)NC(C)COCC(C)N)OC(C)C(O)C1O. The Morgan fingerprint density at radius 2 is 1.95 bits per heavy atom. The highest BCUT2D eigenvalue weighted by atomic mass is 16.6. The molecule has 1 fully saturated rings. The topological polar surface area (TPSA) is 123 Å². The van der Waals surface area contributed by atoms with Gasteiger partial charge in [0.05, 0.1) is 19.3 Å². The van der Waals surface area contributed by atoms with E-state index in [1.54, 1.807) is 13.8 Å². The van der Waals surface area contributed by atoms with E-state index in [2.05, 4.69) is 5.32 Å². The summed E-state index contributed by atoms with van der Waals surface area (Å²) in [6, 6.07) is -0.313. The monoisotopic (exact) mass is 320 g/mol. The predicted octanol–water partition coefficient (Wildman–Crippen LogP) is -1.62. The van der Waals surface area contributed by atoms with E-state index in [0.717, 1.165) is 0 Å². The average Bonchev–Trinajstić information content (AvgIpc) is 2.43. The molecule has 7 atom stereocenters. The fraction of sp³-hybridized carbons (Fsp3) is 0.929. The van der Waals surface area contributed by atoms with Crippen molar-refractivity contribution in [2.45, 2.75) is 63.4 Å². The smallest absolute Gasteiger partial charge is 0.252 e. The van der Waals surface area contributed by atoms with Crippen molar-refractivity contribution in [3.05, 3.63) is 0 Å². The van der Waals surface area contributed by atoms with Crippen LogP contribution in [0, 0.1) is 0 Å². The number of nitrogens with two attached hydrogens (primary N) is 1. The van der Waals surface area contributed by atoms with Crippen LogP contribution in [0.25, 0.3) is 0 Å². The largest absolute Gasteiger partial charge is 0.388 e. The van der Waals surface area contributed by atoms with Gasteiger partial charge in [0.15, 0.2) is 6.10 Å². The summed E-state index contributed by atoms with van der Waals surface area (Å²) < 4.78 is 15.9. The van der Waals surface area contributed by atoms with Crippen LogP contribution in [0.2, 0.25) is 0 Å². The number of aliphatic hydroxyl groups excluding tert-OH is 2. The zero-order valence-electron chi connectivity index (χ0n) is 13.6. The van der Waals surface area contributed by atoms with Gasteiger partial charge in [-0.2, -0.15) is 0 Å². The fourth-order valence-electron chi connectivity index (χ4n) is 2.31. The van der Waals surface area contributed by atoms with E-state index in [1.807, 2.05) is 6.92 Å². The normalized spacial score (nSPS) is 35.0. The third-order valence-electron chi connectivity index (χ3n) is 3.49. The van der Waals surface area contributed by atoms with Crippen molar-refractivity contribution in [1.82, 2.24) is 5.32 Å². The molecule has 0 aromatic carbocycles. The molecule has 1 saturated heterocycles. The Hall–Kier alpha value is -0.770. The highest BCUT2D eigenvalue weighted by Crippen LogP contribution is 2.23. The molecule has 0 aromatic rings. The molecule has 0 bridgehead atoms. The molecule has 8 nitrogen and oxygen atoms in total. The summed E-state index contributed by atoms with van der Waals surface area (Å²) in [6.45, 7) is 5.94. The van der Waals surface area contributed by atoms with Crippen LogP contribution in [-0.4, -0.2) is 79.0 Å². The number of methoxy groups -OCH3 is 1. The maximum atomic E-state index is 12.3. The molecule has 1 amide bonds. The number of aliphatic hydroxyl groups is 2. The Balaban J connectivity index is 2.55. The minimum Gasteiger partial charge on any atom is -0.388 e. The van der Waals surface area contributed by atoms with Crippen molar-refractivity contribution in [1.29, 1.82) is 0 Å². The molecular formula is C14H28N2O6. The second-order valence-corrected chi connectivity index (χ2v) is 5.87. The van der Waals surface area contributed by atoms with Crippen LogP contribution < -0.4 is 11.1 Å². The van der Waals surface area contributed by atoms with Gasteiger partial charge in [-0.3, -0.25) is 4.79 Å². The third kappa shape index (κ3) is 5.15. The van der Waals surface area contributed by atoms with Crippen LogP contribution in [0.4, 0.5) is 0 Å². The standard InChI is InChI=1S/C14H28N2O6/c1-7(15)5-21-6-8(2)16-14(19)13-12(20-4)11(18)10(17)9(3)22-13/h7-13,17-18H,5-6,15H2,1-4H3,(H,16,19). The molecule has 1 rings (SSSR count). The summed E-state index contributed by atoms with van der Waals surface area (Å²) in [5, 5.41) is 22.5. The Labute approximate surface area is 130 Å². The maximum absolute atomic E-state index is 12.3. The average molecular weight is 320 g/mol. The lowest BCUT2D eigenvalue weighted by molar-refractivity contribution is -0.223. The van der Waals surface area contributed by atoms with E-state index >= 15 is 0 Å². The van der Waals surface area contributed by atoms with Crippen LogP contribution in [0.3, 0.4) is 0 Å². The van der Waals surface area contributed by atoms with Gasteiger partial charge in [0, 0.05) is 19.2 Å². The third-order valence-corrected chi connectivity index (χ3v) is 3.49. The molecule has 0 saturated carbocycles. The zero-order valence-corrected chi connectivity index (χ0v) is 13.6. The lowest BCUT2D eigenvalue weighted by Crippen LogP contribution is -2.62. The van der Waals surface area contributed by atoms with Crippen molar-refractivity contribution in [2.75, 3.05) is 20.3 Å². The number of rotatable bonds is 7. The van der Waals surface area contributed by atoms with Gasteiger partial charge in [0.2, 0.25) is 0 Å². The van der Waals surface area contributed by atoms with Crippen LogP contribution in [0.1, 0.15) is 20.8 Å². The highest BCUT2D eigenvalue weighted by Gasteiger charge is 2.46. The van der Waals surface area contributed by atoms with E-state index in [9.17, 15) is 15.0 Å². The molecule has 0 radical (unpaired) electrons. The molecule has 1 heterocycles. The zero-order chi connectivity index (χ0) is 16.9. The quantitative estimate of drug-likeness (QED) is 0.444. The predicted molar refractivity (Wildman–Crippen MR) is 79.2 cm³/mol. The van der Waals surface area contributed by atoms with Crippen molar-refractivity contribution < 1.29 is 29.2 Å². The van der Waals surface area contributed by atoms with Gasteiger partial charge in [-0.05, 0) is 20.8 Å². The lowest BCUT2D eigenvalue weighted by atomic mass is 9.95. The first-order valence-corrected chi connectivity index (χ1v) is 7.46. The Morgan fingerprint density at radius 3 is 2.50 bits per heavy atom. The first-order chi connectivity index (χ1) is 10.3. The number of carbonyl (C=O) groups excluding carboxylic acids is 1. The number of nitrogens with one attached hydrogen (secondary N) is 1. The molecule has 0 spiro atoms. The van der Waals surface area contributed by atoms with Crippen molar-refractivity contribution >= 4 is 5.91 Å². The highest BCUT2D eigenvalue weighted by molar-refractivity contribution is 5.82. The molecule has 5 N–H and O–H groups in total. The van der Waals surface area contributed by atoms with Gasteiger partial charge in [0.25, 0.3) is 5.91 Å². The first kappa shape index (κ1) is 19.3. The van der Waals surface area contributed by atoms with Gasteiger partial charge in [-0.25, -0.2) is 0 Å². The number of carbonyl (C=O) groups is 1. The minimum absolute atomic E-state index is 0.0695. The van der Waals surface area contributed by atoms with Crippen LogP contribution >= 0.6 is 0 Å². The molecular weight excluding hydrogens is 292 g/mol. The van der Waals surface area contributed by atoms with Gasteiger partial charge < -0.3 is 35.5 Å². The van der Waals surface area contributed by atoms with Gasteiger partial charge in [-0.15, -0.1) is 0 Å².